The zero-order chi connectivity index (χ0) is 14.8. The highest BCUT2D eigenvalue weighted by Crippen LogP contribution is 2.26. The summed E-state index contributed by atoms with van der Waals surface area (Å²) in [7, 11) is -3.75. The zero-order valence-corrected chi connectivity index (χ0v) is 11.8. The van der Waals surface area contributed by atoms with Crippen molar-refractivity contribution >= 4 is 21.6 Å². The summed E-state index contributed by atoms with van der Waals surface area (Å²) in [5.74, 6) is -0.701. The number of primary amides is 1. The maximum Gasteiger partial charge on any atom is 0.250 e. The first kappa shape index (κ1) is 14.8. The number of amides is 1. The van der Waals surface area contributed by atoms with Gasteiger partial charge in [-0.05, 0) is 25.0 Å². The molecule has 0 bridgehead atoms. The average Bonchev–Trinajstić information content (AvgIpc) is 2.39. The molecule has 0 aromatic heterocycles. The van der Waals surface area contributed by atoms with Crippen LogP contribution in [0.25, 0.3) is 0 Å². The van der Waals surface area contributed by atoms with E-state index in [-0.39, 0.29) is 11.3 Å². The maximum atomic E-state index is 12.3. The Balaban J connectivity index is 2.26. The molecule has 0 aliphatic heterocycles. The predicted octanol–water partition coefficient (Wildman–Crippen LogP) is 0.831. The Labute approximate surface area is 118 Å². The third-order valence-electron chi connectivity index (χ3n) is 3.51. The van der Waals surface area contributed by atoms with Gasteiger partial charge in [0.05, 0.1) is 17.4 Å². The molecule has 20 heavy (non-hydrogen) atoms. The summed E-state index contributed by atoms with van der Waals surface area (Å²) in [6, 6.07) is 6.15. The lowest BCUT2D eigenvalue weighted by Gasteiger charge is -2.27. The summed E-state index contributed by atoms with van der Waals surface area (Å²) in [5.41, 5.74) is 5.48. The molecular formula is C13H18N2O4S. The van der Waals surface area contributed by atoms with Crippen LogP contribution in [0.15, 0.2) is 24.3 Å². The smallest absolute Gasteiger partial charge is 0.250 e. The van der Waals surface area contributed by atoms with Gasteiger partial charge in [-0.3, -0.25) is 9.52 Å². The van der Waals surface area contributed by atoms with Crippen LogP contribution in [-0.2, 0) is 10.0 Å². The molecule has 6 nitrogen and oxygen atoms in total. The Kier molecular flexibility index (Phi) is 4.29. The molecule has 0 heterocycles. The Hall–Kier alpha value is -1.60. The van der Waals surface area contributed by atoms with Gasteiger partial charge in [-0.2, -0.15) is 0 Å². The van der Waals surface area contributed by atoms with Crippen LogP contribution in [0.3, 0.4) is 0 Å². The standard InChI is InChI=1S/C13H18N2O4S/c14-13(17)9-5-1-2-6-10(9)15-20(18,19)12-8-4-3-7-11(12)16/h1-2,5-6,11-12,15-16H,3-4,7-8H2,(H2,14,17). The molecule has 1 amide bonds. The van der Waals surface area contributed by atoms with Crippen LogP contribution in [0.4, 0.5) is 5.69 Å². The zero-order valence-electron chi connectivity index (χ0n) is 11.0. The van der Waals surface area contributed by atoms with E-state index in [1.165, 1.54) is 12.1 Å². The third-order valence-corrected chi connectivity index (χ3v) is 5.36. The van der Waals surface area contributed by atoms with Crippen LogP contribution in [0.5, 0.6) is 0 Å². The second-order valence-electron chi connectivity index (χ2n) is 4.95. The molecule has 110 valence electrons. The fourth-order valence-electron chi connectivity index (χ4n) is 2.46. The maximum absolute atomic E-state index is 12.3. The second-order valence-corrected chi connectivity index (χ2v) is 6.85. The van der Waals surface area contributed by atoms with Crippen LogP contribution in [-0.4, -0.2) is 30.8 Å². The fourth-order valence-corrected chi connectivity index (χ4v) is 4.12. The van der Waals surface area contributed by atoms with Crippen LogP contribution >= 0.6 is 0 Å². The topological polar surface area (TPSA) is 109 Å². The molecule has 1 saturated carbocycles. The average molecular weight is 298 g/mol. The predicted molar refractivity (Wildman–Crippen MR) is 75.8 cm³/mol. The third kappa shape index (κ3) is 3.10. The molecule has 7 heteroatoms. The van der Waals surface area contributed by atoms with Crippen LogP contribution < -0.4 is 10.5 Å². The van der Waals surface area contributed by atoms with Crippen molar-refractivity contribution < 1.29 is 18.3 Å². The Morgan fingerprint density at radius 2 is 1.90 bits per heavy atom. The monoisotopic (exact) mass is 298 g/mol. The van der Waals surface area contributed by atoms with E-state index >= 15 is 0 Å². The first-order valence-corrected chi connectivity index (χ1v) is 8.05. The van der Waals surface area contributed by atoms with E-state index in [4.69, 9.17) is 5.73 Å². The number of carbonyl (C=O) groups is 1. The minimum absolute atomic E-state index is 0.112. The number of aliphatic hydroxyl groups is 1. The number of benzene rings is 1. The highest BCUT2D eigenvalue weighted by molar-refractivity contribution is 7.93. The minimum atomic E-state index is -3.75. The van der Waals surface area contributed by atoms with Gasteiger partial charge in [-0.25, -0.2) is 8.42 Å². The summed E-state index contributed by atoms with van der Waals surface area (Å²) in [5, 5.41) is 9.00. The van der Waals surface area contributed by atoms with Crippen molar-refractivity contribution in [3.8, 4) is 0 Å². The van der Waals surface area contributed by atoms with E-state index in [0.717, 1.165) is 12.8 Å². The lowest BCUT2D eigenvalue weighted by atomic mass is 9.97. The molecule has 2 atom stereocenters. The lowest BCUT2D eigenvalue weighted by molar-refractivity contribution is 0.100. The van der Waals surface area contributed by atoms with Gasteiger partial charge in [0.1, 0.15) is 5.25 Å². The van der Waals surface area contributed by atoms with Crippen molar-refractivity contribution in [1.29, 1.82) is 0 Å². The van der Waals surface area contributed by atoms with Gasteiger partial charge in [-0.1, -0.05) is 25.0 Å². The molecular weight excluding hydrogens is 280 g/mol. The van der Waals surface area contributed by atoms with Crippen molar-refractivity contribution in [2.24, 2.45) is 5.73 Å². The molecule has 1 aliphatic rings. The quantitative estimate of drug-likeness (QED) is 0.764. The van der Waals surface area contributed by atoms with E-state index in [2.05, 4.69) is 4.72 Å². The number of rotatable bonds is 4. The molecule has 4 N–H and O–H groups in total. The van der Waals surface area contributed by atoms with Gasteiger partial charge in [0.15, 0.2) is 0 Å². The van der Waals surface area contributed by atoms with Crippen molar-refractivity contribution in [3.05, 3.63) is 29.8 Å². The Bertz CT molecular complexity index is 600. The first-order valence-electron chi connectivity index (χ1n) is 6.50. The number of hydrogen-bond acceptors (Lipinski definition) is 4. The van der Waals surface area contributed by atoms with Crippen molar-refractivity contribution in [2.75, 3.05) is 4.72 Å². The fraction of sp³-hybridized carbons (Fsp3) is 0.462. The number of carbonyl (C=O) groups excluding carboxylic acids is 1. The minimum Gasteiger partial charge on any atom is -0.392 e. The van der Waals surface area contributed by atoms with Gasteiger partial charge in [-0.15, -0.1) is 0 Å². The molecule has 1 aliphatic carbocycles. The SMILES string of the molecule is NC(=O)c1ccccc1NS(=O)(=O)C1CCCCC1O. The highest BCUT2D eigenvalue weighted by atomic mass is 32.2. The summed E-state index contributed by atoms with van der Waals surface area (Å²) in [4.78, 5) is 11.3. The molecule has 1 aromatic rings. The number of sulfonamides is 1. The van der Waals surface area contributed by atoms with E-state index in [1.807, 2.05) is 0 Å². The van der Waals surface area contributed by atoms with E-state index in [9.17, 15) is 18.3 Å². The normalized spacial score (nSPS) is 23.2. The van der Waals surface area contributed by atoms with Gasteiger partial charge < -0.3 is 10.8 Å². The van der Waals surface area contributed by atoms with Crippen molar-refractivity contribution in [3.63, 3.8) is 0 Å². The number of para-hydroxylation sites is 1. The van der Waals surface area contributed by atoms with Gasteiger partial charge in [0, 0.05) is 0 Å². The largest absolute Gasteiger partial charge is 0.392 e. The number of nitrogens with two attached hydrogens (primary N) is 1. The summed E-state index contributed by atoms with van der Waals surface area (Å²) < 4.78 is 27.0. The van der Waals surface area contributed by atoms with Crippen LogP contribution in [0.1, 0.15) is 36.0 Å². The number of nitrogens with one attached hydrogen (secondary N) is 1. The summed E-state index contributed by atoms with van der Waals surface area (Å²) >= 11 is 0. The van der Waals surface area contributed by atoms with Gasteiger partial charge in [0.25, 0.3) is 5.91 Å². The first-order chi connectivity index (χ1) is 9.42. The molecule has 2 rings (SSSR count). The molecule has 1 aromatic carbocycles. The number of hydrogen-bond donors (Lipinski definition) is 3. The van der Waals surface area contributed by atoms with Gasteiger partial charge >= 0.3 is 0 Å². The van der Waals surface area contributed by atoms with E-state index in [1.54, 1.807) is 12.1 Å². The summed E-state index contributed by atoms with van der Waals surface area (Å²) in [6.45, 7) is 0. The Morgan fingerprint density at radius 1 is 1.25 bits per heavy atom. The molecule has 0 saturated heterocycles. The lowest BCUT2D eigenvalue weighted by Crippen LogP contribution is -2.40. The summed E-state index contributed by atoms with van der Waals surface area (Å²) in [6.07, 6.45) is 1.60. The molecule has 1 fully saturated rings. The van der Waals surface area contributed by atoms with Gasteiger partial charge in [0.2, 0.25) is 10.0 Å². The molecule has 2 unspecified atom stereocenters. The highest BCUT2D eigenvalue weighted by Gasteiger charge is 2.34. The van der Waals surface area contributed by atoms with E-state index < -0.39 is 27.3 Å². The number of anilines is 1. The van der Waals surface area contributed by atoms with Crippen molar-refractivity contribution in [1.82, 2.24) is 0 Å². The Morgan fingerprint density at radius 3 is 2.55 bits per heavy atom. The van der Waals surface area contributed by atoms with E-state index in [0.29, 0.717) is 12.8 Å². The molecule has 0 spiro atoms. The second kappa shape index (κ2) is 5.80. The number of aliphatic hydroxyl groups excluding tert-OH is 1. The van der Waals surface area contributed by atoms with Crippen LogP contribution in [0.2, 0.25) is 0 Å². The molecule has 0 radical (unpaired) electrons. The van der Waals surface area contributed by atoms with Crippen molar-refractivity contribution in [2.45, 2.75) is 37.0 Å². The van der Waals surface area contributed by atoms with Crippen LogP contribution in [0, 0.1) is 0 Å².